The van der Waals surface area contributed by atoms with Crippen LogP contribution in [0, 0.1) is 29.1 Å². The number of alkyl halides is 3. The van der Waals surface area contributed by atoms with Gasteiger partial charge in [0.1, 0.15) is 6.10 Å². The molecule has 0 radical (unpaired) electrons. The number of rotatable bonds is 8. The molecule has 2 aromatic carbocycles. The Kier molecular flexibility index (Phi) is 11.2. The first-order valence-corrected chi connectivity index (χ1v) is 21.6. The van der Waals surface area contributed by atoms with Crippen LogP contribution in [0.25, 0.3) is 21.7 Å². The number of hydrogen-bond donors (Lipinski definition) is 1. The number of benzene rings is 2. The van der Waals surface area contributed by atoms with E-state index < -0.39 is 92.4 Å². The molecule has 3 aromatic rings. The molecule has 7 atom stereocenters. The highest BCUT2D eigenvalue weighted by Gasteiger charge is 2.62. The van der Waals surface area contributed by atoms with E-state index in [0.29, 0.717) is 43.0 Å². The summed E-state index contributed by atoms with van der Waals surface area (Å²) in [5.41, 5.74) is -3.49. The average molecular weight is 826 g/mol. The van der Waals surface area contributed by atoms with Crippen molar-refractivity contribution < 1.29 is 50.2 Å². The molecule has 2 aliphatic heterocycles. The number of sulfonamides is 1. The lowest BCUT2D eigenvalue weighted by molar-refractivity contribution is -0.257. The summed E-state index contributed by atoms with van der Waals surface area (Å²) in [6.07, 6.45) is -0.0167. The number of carbonyl (C=O) groups is 4. The van der Waals surface area contributed by atoms with Crippen molar-refractivity contribution in [3.63, 3.8) is 0 Å². The zero-order chi connectivity index (χ0) is 41.8. The molecule has 2 saturated carbocycles. The number of nitrogens with zero attached hydrogens (tertiary/aromatic N) is 2. The standard InChI is InChI=1S/C43H50F3N3O8S/c1-25-11-5-6-12-27-22-42(27,40(53)48-58(54,55)29-17-18-29)23-36(50)35-20-28(56-38-32-15-8-7-13-30(32)31-14-9-10-16-34(31)47-38)24-49(35)39(52)33(26(2)19-25)21-37(51)57-41(3,4)43(44,45)46/h6-10,12-16,25-29,33,35H,5,11,17-24H2,1-4H3,(H,48,53)/b12-6-/t25-,26+,27+,28+,33-,35?,42+/m0/s1. The van der Waals surface area contributed by atoms with Crippen LogP contribution < -0.4 is 9.46 Å². The van der Waals surface area contributed by atoms with Crippen molar-refractivity contribution in [1.82, 2.24) is 14.6 Å². The van der Waals surface area contributed by atoms with Gasteiger partial charge in [-0.3, -0.25) is 23.9 Å². The largest absolute Gasteiger partial charge is 0.472 e. The van der Waals surface area contributed by atoms with Crippen molar-refractivity contribution in [2.45, 2.75) is 115 Å². The number of pyridine rings is 1. The van der Waals surface area contributed by atoms with E-state index in [4.69, 9.17) is 14.5 Å². The van der Waals surface area contributed by atoms with Gasteiger partial charge in [-0.15, -0.1) is 0 Å². The van der Waals surface area contributed by atoms with E-state index in [1.807, 2.05) is 67.6 Å². The summed E-state index contributed by atoms with van der Waals surface area (Å²) in [6, 6.07) is 13.9. The molecule has 1 aromatic heterocycles. The number of ketones is 1. The molecular weight excluding hydrogens is 776 g/mol. The molecule has 0 bridgehead atoms. The highest BCUT2D eigenvalue weighted by atomic mass is 32.2. The second-order valence-electron chi connectivity index (χ2n) is 17.4. The summed E-state index contributed by atoms with van der Waals surface area (Å²) in [6.45, 7) is 5.14. The fourth-order valence-corrected chi connectivity index (χ4v) is 10.1. The number of amides is 2. The predicted octanol–water partition coefficient (Wildman–Crippen LogP) is 7.21. The summed E-state index contributed by atoms with van der Waals surface area (Å²) in [7, 11) is -3.93. The topological polar surface area (TPSA) is 149 Å². The number of esters is 1. The third-order valence-electron chi connectivity index (χ3n) is 12.5. The third-order valence-corrected chi connectivity index (χ3v) is 14.3. The van der Waals surface area contributed by atoms with Crippen molar-refractivity contribution in [1.29, 1.82) is 0 Å². The van der Waals surface area contributed by atoms with E-state index in [1.54, 1.807) is 6.92 Å². The summed E-state index contributed by atoms with van der Waals surface area (Å²) in [5.74, 6) is -4.80. The maximum Gasteiger partial charge on any atom is 0.427 e. The van der Waals surface area contributed by atoms with Crippen LogP contribution in [-0.2, 0) is 33.9 Å². The molecule has 11 nitrogen and oxygen atoms in total. The van der Waals surface area contributed by atoms with Crippen LogP contribution >= 0.6 is 0 Å². The van der Waals surface area contributed by atoms with Gasteiger partial charge in [-0.1, -0.05) is 62.4 Å². The summed E-state index contributed by atoms with van der Waals surface area (Å²) in [4.78, 5) is 62.8. The zero-order valence-corrected chi connectivity index (χ0v) is 33.9. The first-order valence-electron chi connectivity index (χ1n) is 20.1. The smallest absolute Gasteiger partial charge is 0.427 e. The Morgan fingerprint density at radius 3 is 2.33 bits per heavy atom. The van der Waals surface area contributed by atoms with Gasteiger partial charge in [0.15, 0.2) is 5.78 Å². The van der Waals surface area contributed by atoms with E-state index >= 15 is 0 Å². The van der Waals surface area contributed by atoms with Gasteiger partial charge in [0, 0.05) is 23.6 Å². The minimum absolute atomic E-state index is 0.00492. The van der Waals surface area contributed by atoms with E-state index in [1.165, 1.54) is 4.90 Å². The summed E-state index contributed by atoms with van der Waals surface area (Å²) < 4.78 is 81.0. The van der Waals surface area contributed by atoms with Crippen molar-refractivity contribution in [2.75, 3.05) is 6.54 Å². The number of nitrogens with one attached hydrogen (secondary N) is 1. The van der Waals surface area contributed by atoms with Gasteiger partial charge in [-0.05, 0) is 87.6 Å². The molecule has 312 valence electrons. The molecule has 3 fully saturated rings. The number of Topliss-reactive ketones (excluding diaryl/α,β-unsaturated/α-hetero) is 1. The van der Waals surface area contributed by atoms with Crippen LogP contribution in [0.2, 0.25) is 0 Å². The molecular formula is C43H50F3N3O8S. The lowest BCUT2D eigenvalue weighted by Crippen LogP contribution is -2.48. The van der Waals surface area contributed by atoms with Gasteiger partial charge in [-0.2, -0.15) is 13.2 Å². The summed E-state index contributed by atoms with van der Waals surface area (Å²) >= 11 is 0. The fourth-order valence-electron chi connectivity index (χ4n) is 8.67. The van der Waals surface area contributed by atoms with Crippen LogP contribution in [0.1, 0.15) is 85.5 Å². The molecule has 1 unspecified atom stereocenters. The minimum Gasteiger partial charge on any atom is -0.472 e. The normalized spacial score (nSPS) is 29.2. The molecule has 2 aliphatic carbocycles. The minimum atomic E-state index is -4.86. The first kappa shape index (κ1) is 41.6. The van der Waals surface area contributed by atoms with Crippen molar-refractivity contribution in [3.05, 3.63) is 60.7 Å². The zero-order valence-electron chi connectivity index (χ0n) is 33.1. The number of halogens is 3. The number of aromatic nitrogens is 1. The molecule has 1 saturated heterocycles. The van der Waals surface area contributed by atoms with Crippen molar-refractivity contribution >= 4 is 55.3 Å². The Morgan fingerprint density at radius 2 is 1.64 bits per heavy atom. The number of hydrogen-bond acceptors (Lipinski definition) is 9. The number of ether oxygens (including phenoxy) is 2. The van der Waals surface area contributed by atoms with Crippen LogP contribution in [-0.4, -0.2) is 77.6 Å². The van der Waals surface area contributed by atoms with Gasteiger partial charge in [0.2, 0.25) is 33.3 Å². The fraction of sp³-hybridized carbons (Fsp3) is 0.558. The lowest BCUT2D eigenvalue weighted by Gasteiger charge is -2.33. The Hall–Kier alpha value is -4.53. The van der Waals surface area contributed by atoms with Crippen molar-refractivity contribution in [3.8, 4) is 5.88 Å². The number of fused-ring (bicyclic) bond motifs is 5. The molecule has 4 aliphatic rings. The number of para-hydroxylation sites is 1. The number of carbonyl (C=O) groups excluding carboxylic acids is 4. The average Bonchev–Trinajstić information content (AvgIpc) is 4.08. The highest BCUT2D eigenvalue weighted by molar-refractivity contribution is 7.90. The Bertz CT molecular complexity index is 2260. The molecule has 15 heteroatoms. The maximum absolute atomic E-state index is 14.9. The third kappa shape index (κ3) is 8.46. The Labute approximate surface area is 336 Å². The predicted molar refractivity (Wildman–Crippen MR) is 210 cm³/mol. The van der Waals surface area contributed by atoms with Gasteiger partial charge >= 0.3 is 12.1 Å². The van der Waals surface area contributed by atoms with Crippen molar-refractivity contribution in [2.24, 2.45) is 29.1 Å². The lowest BCUT2D eigenvalue weighted by atomic mass is 9.82. The molecule has 1 N–H and O–H groups in total. The summed E-state index contributed by atoms with van der Waals surface area (Å²) in [5, 5.41) is 1.84. The van der Waals surface area contributed by atoms with Gasteiger partial charge in [0.25, 0.3) is 0 Å². The van der Waals surface area contributed by atoms with Crippen LogP contribution in [0.15, 0.2) is 60.7 Å². The molecule has 7 rings (SSSR count). The van der Waals surface area contributed by atoms with E-state index in [9.17, 15) is 40.8 Å². The Balaban J connectivity index is 1.24. The molecule has 58 heavy (non-hydrogen) atoms. The SMILES string of the molecule is C[C@H]1CC/C=C\[C@@H]2C[C@@]2(C(=O)NS(=O)(=O)C2CC2)CC(=O)C2C[C@@H](Oc3nc4ccccc4c4ccccc34)CN2C(=O)[C@@H](CC(=O)OC(C)(C)C(F)(F)F)[C@H](C)C1. The first-order chi connectivity index (χ1) is 27.3. The molecule has 2 amide bonds. The van der Waals surface area contributed by atoms with Crippen LogP contribution in [0.3, 0.4) is 0 Å². The molecule has 3 heterocycles. The van der Waals surface area contributed by atoms with Crippen LogP contribution in [0.4, 0.5) is 13.2 Å². The second kappa shape index (κ2) is 15.6. The molecule has 0 spiro atoms. The quantitative estimate of drug-likeness (QED) is 0.141. The monoisotopic (exact) mass is 825 g/mol. The van der Waals surface area contributed by atoms with E-state index in [0.717, 1.165) is 24.6 Å². The number of allylic oxidation sites excluding steroid dienone is 2. The van der Waals surface area contributed by atoms with Gasteiger partial charge in [0.05, 0.1) is 41.1 Å². The van der Waals surface area contributed by atoms with E-state index in [2.05, 4.69) is 4.72 Å². The maximum atomic E-state index is 14.9. The van der Waals surface area contributed by atoms with Crippen LogP contribution in [0.5, 0.6) is 5.88 Å². The van der Waals surface area contributed by atoms with Gasteiger partial charge in [-0.25, -0.2) is 13.4 Å². The van der Waals surface area contributed by atoms with Gasteiger partial charge < -0.3 is 14.4 Å². The second-order valence-corrected chi connectivity index (χ2v) is 19.3. The Morgan fingerprint density at radius 1 is 0.966 bits per heavy atom. The highest BCUT2D eigenvalue weighted by Crippen LogP contribution is 2.57. The van der Waals surface area contributed by atoms with E-state index in [-0.39, 0.29) is 37.6 Å².